The van der Waals surface area contributed by atoms with Gasteiger partial charge in [0.2, 0.25) is 10.0 Å². The van der Waals surface area contributed by atoms with E-state index in [1.165, 1.54) is 11.4 Å². The summed E-state index contributed by atoms with van der Waals surface area (Å²) < 4.78 is 30.7. The van der Waals surface area contributed by atoms with Crippen molar-refractivity contribution in [2.75, 3.05) is 37.2 Å². The summed E-state index contributed by atoms with van der Waals surface area (Å²) in [5.74, 6) is 0. The highest BCUT2D eigenvalue weighted by atomic mass is 32.2. The van der Waals surface area contributed by atoms with E-state index < -0.39 is 21.7 Å². The molecule has 0 aromatic heterocycles. The maximum absolute atomic E-state index is 12.6. The van der Waals surface area contributed by atoms with Gasteiger partial charge in [0, 0.05) is 32.2 Å². The summed E-state index contributed by atoms with van der Waals surface area (Å²) >= 11 is 0. The number of sulfonamides is 1. The van der Waals surface area contributed by atoms with Crippen molar-refractivity contribution in [2.24, 2.45) is 0 Å². The summed E-state index contributed by atoms with van der Waals surface area (Å²) in [6.07, 6.45) is 0.768. The van der Waals surface area contributed by atoms with E-state index in [9.17, 15) is 13.2 Å². The first-order valence-electron chi connectivity index (χ1n) is 8.24. The summed E-state index contributed by atoms with van der Waals surface area (Å²) in [6, 6.07) is 6.93. The molecule has 1 N–H and O–H groups in total. The lowest BCUT2D eigenvalue weighted by Crippen LogP contribution is -2.50. The van der Waals surface area contributed by atoms with E-state index in [1.54, 1.807) is 17.0 Å². The van der Waals surface area contributed by atoms with Crippen molar-refractivity contribution >= 4 is 21.8 Å². The van der Waals surface area contributed by atoms with Crippen LogP contribution in [0.1, 0.15) is 32.4 Å². The van der Waals surface area contributed by atoms with Crippen LogP contribution in [0.4, 0.5) is 10.5 Å². The van der Waals surface area contributed by atoms with Crippen molar-refractivity contribution in [3.05, 3.63) is 29.8 Å². The van der Waals surface area contributed by atoms with Gasteiger partial charge in [-0.3, -0.25) is 9.21 Å². The van der Waals surface area contributed by atoms with Crippen LogP contribution in [0, 0.1) is 0 Å². The molecule has 25 heavy (non-hydrogen) atoms. The van der Waals surface area contributed by atoms with Crippen LogP contribution in [0.3, 0.4) is 0 Å². The Hall–Kier alpha value is -1.80. The summed E-state index contributed by atoms with van der Waals surface area (Å²) in [5, 5.41) is 3.27. The molecule has 0 bridgehead atoms. The molecule has 1 amide bonds. The van der Waals surface area contributed by atoms with E-state index in [0.29, 0.717) is 25.3 Å². The standard InChI is InChI=1S/C17H27N3O4S/c1-17(2,3)24-16(21)20-11-10-18-12-15(20)13-8-6-7-9-14(13)19(4)25(5,22)23/h6-9,15,18H,10-12H2,1-5H3. The molecule has 1 unspecified atom stereocenters. The Bertz CT molecular complexity index is 728. The number of ether oxygens (including phenoxy) is 1. The molecule has 1 aromatic carbocycles. The number of carbonyl (C=O) groups excluding carboxylic acids is 1. The summed E-state index contributed by atoms with van der Waals surface area (Å²) in [4.78, 5) is 14.3. The van der Waals surface area contributed by atoms with Crippen LogP contribution < -0.4 is 9.62 Å². The van der Waals surface area contributed by atoms with Crippen molar-refractivity contribution in [2.45, 2.75) is 32.4 Å². The van der Waals surface area contributed by atoms with E-state index in [4.69, 9.17) is 4.74 Å². The highest BCUT2D eigenvalue weighted by molar-refractivity contribution is 7.92. The maximum Gasteiger partial charge on any atom is 0.410 e. The number of benzene rings is 1. The molecular formula is C17H27N3O4S. The fourth-order valence-electron chi connectivity index (χ4n) is 2.76. The minimum Gasteiger partial charge on any atom is -0.444 e. The number of carbonyl (C=O) groups is 1. The summed E-state index contributed by atoms with van der Waals surface area (Å²) in [7, 11) is -1.89. The van der Waals surface area contributed by atoms with Gasteiger partial charge < -0.3 is 10.1 Å². The first-order chi connectivity index (χ1) is 11.5. The molecule has 1 fully saturated rings. The molecule has 1 aromatic rings. The average molecular weight is 369 g/mol. The normalized spacial score (nSPS) is 18.8. The van der Waals surface area contributed by atoms with Crippen LogP contribution in [0.25, 0.3) is 0 Å². The Morgan fingerprint density at radius 3 is 2.56 bits per heavy atom. The molecule has 0 saturated carbocycles. The van der Waals surface area contributed by atoms with Crippen molar-refractivity contribution < 1.29 is 17.9 Å². The van der Waals surface area contributed by atoms with Gasteiger partial charge in [0.1, 0.15) is 5.60 Å². The lowest BCUT2D eigenvalue weighted by atomic mass is 10.0. The average Bonchev–Trinajstić information content (AvgIpc) is 2.51. The number of piperazine rings is 1. The molecular weight excluding hydrogens is 342 g/mol. The lowest BCUT2D eigenvalue weighted by Gasteiger charge is -2.38. The molecule has 1 saturated heterocycles. The van der Waals surface area contributed by atoms with Crippen LogP contribution in [0.2, 0.25) is 0 Å². The number of amides is 1. The minimum absolute atomic E-state index is 0.302. The van der Waals surface area contributed by atoms with Gasteiger partial charge in [-0.1, -0.05) is 18.2 Å². The number of para-hydroxylation sites is 1. The van der Waals surface area contributed by atoms with Gasteiger partial charge in [0.25, 0.3) is 0 Å². The predicted molar refractivity (Wildman–Crippen MR) is 98.2 cm³/mol. The second-order valence-electron chi connectivity index (χ2n) is 7.18. The van der Waals surface area contributed by atoms with Crippen molar-refractivity contribution in [1.29, 1.82) is 0 Å². The van der Waals surface area contributed by atoms with E-state index in [-0.39, 0.29) is 6.04 Å². The molecule has 140 valence electrons. The fraction of sp³-hybridized carbons (Fsp3) is 0.588. The van der Waals surface area contributed by atoms with Crippen LogP contribution in [-0.2, 0) is 14.8 Å². The van der Waals surface area contributed by atoms with E-state index >= 15 is 0 Å². The Balaban J connectivity index is 2.40. The van der Waals surface area contributed by atoms with E-state index in [1.807, 2.05) is 32.9 Å². The van der Waals surface area contributed by atoms with E-state index in [2.05, 4.69) is 5.32 Å². The summed E-state index contributed by atoms with van der Waals surface area (Å²) in [6.45, 7) is 7.18. The van der Waals surface area contributed by atoms with Crippen LogP contribution >= 0.6 is 0 Å². The second-order valence-corrected chi connectivity index (χ2v) is 9.20. The maximum atomic E-state index is 12.6. The molecule has 1 aliphatic rings. The Morgan fingerprint density at radius 2 is 1.96 bits per heavy atom. The Labute approximate surface area is 150 Å². The third kappa shape index (κ3) is 4.85. The smallest absolute Gasteiger partial charge is 0.410 e. The third-order valence-corrected chi connectivity index (χ3v) is 5.20. The van der Waals surface area contributed by atoms with Crippen molar-refractivity contribution in [3.8, 4) is 0 Å². The molecule has 8 heteroatoms. The zero-order valence-electron chi connectivity index (χ0n) is 15.4. The van der Waals surface area contributed by atoms with Crippen LogP contribution in [-0.4, -0.2) is 57.9 Å². The molecule has 0 radical (unpaired) electrons. The van der Waals surface area contributed by atoms with E-state index in [0.717, 1.165) is 11.8 Å². The molecule has 0 aliphatic carbocycles. The first-order valence-corrected chi connectivity index (χ1v) is 10.1. The Kier molecular flexibility index (Phi) is 5.63. The van der Waals surface area contributed by atoms with Gasteiger partial charge in [-0.15, -0.1) is 0 Å². The van der Waals surface area contributed by atoms with Crippen molar-refractivity contribution in [1.82, 2.24) is 10.2 Å². The SMILES string of the molecule is CN(c1ccccc1C1CNCCN1C(=O)OC(C)(C)C)S(C)(=O)=O. The molecule has 0 spiro atoms. The number of hydrogen-bond donors (Lipinski definition) is 1. The van der Waals surface area contributed by atoms with Crippen molar-refractivity contribution in [3.63, 3.8) is 0 Å². The molecule has 2 rings (SSSR count). The van der Waals surface area contributed by atoms with Gasteiger partial charge >= 0.3 is 6.09 Å². The molecule has 1 aliphatic heterocycles. The Morgan fingerprint density at radius 1 is 1.32 bits per heavy atom. The van der Waals surface area contributed by atoms with Gasteiger partial charge in [0.15, 0.2) is 0 Å². The molecule has 1 atom stereocenters. The zero-order valence-corrected chi connectivity index (χ0v) is 16.3. The number of nitrogens with one attached hydrogen (secondary N) is 1. The highest BCUT2D eigenvalue weighted by Crippen LogP contribution is 2.32. The number of rotatable bonds is 3. The summed E-state index contributed by atoms with van der Waals surface area (Å²) in [5.41, 5.74) is 0.746. The highest BCUT2D eigenvalue weighted by Gasteiger charge is 2.33. The van der Waals surface area contributed by atoms with Gasteiger partial charge in [-0.2, -0.15) is 0 Å². The molecule has 1 heterocycles. The minimum atomic E-state index is -3.41. The molecule has 7 nitrogen and oxygen atoms in total. The largest absolute Gasteiger partial charge is 0.444 e. The lowest BCUT2D eigenvalue weighted by molar-refractivity contribution is 0.0118. The van der Waals surface area contributed by atoms with Crippen LogP contribution in [0.15, 0.2) is 24.3 Å². The fourth-order valence-corrected chi connectivity index (χ4v) is 3.28. The number of anilines is 1. The number of nitrogens with zero attached hydrogens (tertiary/aromatic N) is 2. The number of hydrogen-bond acceptors (Lipinski definition) is 5. The first kappa shape index (κ1) is 19.5. The monoisotopic (exact) mass is 369 g/mol. The third-order valence-electron chi connectivity index (χ3n) is 4.00. The predicted octanol–water partition coefficient (Wildman–Crippen LogP) is 1.96. The van der Waals surface area contributed by atoms with Crippen LogP contribution in [0.5, 0.6) is 0 Å². The van der Waals surface area contributed by atoms with Gasteiger partial charge in [0.05, 0.1) is 18.0 Å². The quantitative estimate of drug-likeness (QED) is 0.881. The topological polar surface area (TPSA) is 79.0 Å². The second kappa shape index (κ2) is 7.21. The zero-order chi connectivity index (χ0) is 18.8. The van der Waals surface area contributed by atoms with Gasteiger partial charge in [-0.05, 0) is 26.8 Å². The van der Waals surface area contributed by atoms with Gasteiger partial charge in [-0.25, -0.2) is 13.2 Å².